The molecule has 10 heteroatoms. The summed E-state index contributed by atoms with van der Waals surface area (Å²) < 4.78 is 22.0. The highest BCUT2D eigenvalue weighted by Crippen LogP contribution is 2.29. The predicted molar refractivity (Wildman–Crippen MR) is 126 cm³/mol. The molecule has 2 aromatic carbocycles. The van der Waals surface area contributed by atoms with E-state index in [0.29, 0.717) is 30.8 Å². The van der Waals surface area contributed by atoms with Crippen molar-refractivity contribution >= 4 is 16.9 Å². The largest absolute Gasteiger partial charge is 0.365 e. The van der Waals surface area contributed by atoms with Crippen LogP contribution in [0.3, 0.4) is 0 Å². The number of aromatic amines is 1. The maximum Gasteiger partial charge on any atom is 0.251 e. The minimum absolute atomic E-state index is 0.0612. The number of nitrogens with zero attached hydrogens (tertiary/aromatic N) is 5. The zero-order valence-corrected chi connectivity index (χ0v) is 19.2. The summed E-state index contributed by atoms with van der Waals surface area (Å²) in [5.41, 5.74) is 4.72. The third kappa shape index (κ3) is 4.42. The van der Waals surface area contributed by atoms with E-state index >= 15 is 0 Å². The SMILES string of the molecule is O=C(NC1CCN(Cc2nnn3c2COC(c2ccccc2F)C3)CC1)c1ccc2nc[nH]c2c1. The van der Waals surface area contributed by atoms with E-state index in [2.05, 4.69) is 30.5 Å². The van der Waals surface area contributed by atoms with E-state index in [0.717, 1.165) is 48.4 Å². The second kappa shape index (κ2) is 9.20. The number of halogens is 1. The van der Waals surface area contributed by atoms with Gasteiger partial charge in [-0.3, -0.25) is 9.69 Å². The van der Waals surface area contributed by atoms with Gasteiger partial charge in [-0.25, -0.2) is 14.1 Å². The van der Waals surface area contributed by atoms with Gasteiger partial charge in [0, 0.05) is 36.8 Å². The standard InChI is InChI=1S/C25H26FN7O2/c26-19-4-2-1-3-18(19)24-13-33-23(14-35-24)22(30-31-33)12-32-9-7-17(8-10-32)29-25(34)16-5-6-20-21(11-16)28-15-27-20/h1-6,11,15,17,24H,7-10,12-14H2,(H,27,28)(H,29,34). The molecular weight excluding hydrogens is 449 g/mol. The Kier molecular flexibility index (Phi) is 5.75. The maximum absolute atomic E-state index is 14.2. The van der Waals surface area contributed by atoms with Crippen LogP contribution >= 0.6 is 0 Å². The molecule has 9 nitrogen and oxygen atoms in total. The van der Waals surface area contributed by atoms with Crippen molar-refractivity contribution in [2.24, 2.45) is 0 Å². The van der Waals surface area contributed by atoms with E-state index in [1.54, 1.807) is 24.5 Å². The Balaban J connectivity index is 1.03. The van der Waals surface area contributed by atoms with Crippen LogP contribution in [-0.4, -0.2) is 54.9 Å². The first-order valence-corrected chi connectivity index (χ1v) is 11.9. The van der Waals surface area contributed by atoms with E-state index in [1.165, 1.54) is 6.07 Å². The number of carbonyl (C=O) groups is 1. The van der Waals surface area contributed by atoms with E-state index in [1.807, 2.05) is 22.9 Å². The zero-order chi connectivity index (χ0) is 23.8. The van der Waals surface area contributed by atoms with Crippen molar-refractivity contribution in [1.29, 1.82) is 0 Å². The first-order chi connectivity index (χ1) is 17.1. The lowest BCUT2D eigenvalue weighted by molar-refractivity contribution is -0.00414. The molecule has 180 valence electrons. The van der Waals surface area contributed by atoms with Crippen LogP contribution in [0.25, 0.3) is 11.0 Å². The summed E-state index contributed by atoms with van der Waals surface area (Å²) in [5.74, 6) is -0.327. The number of likely N-dealkylation sites (tertiary alicyclic amines) is 1. The van der Waals surface area contributed by atoms with Gasteiger partial charge in [0.05, 0.1) is 36.2 Å². The third-order valence-corrected chi connectivity index (χ3v) is 6.91. The van der Waals surface area contributed by atoms with Crippen LogP contribution < -0.4 is 5.32 Å². The van der Waals surface area contributed by atoms with Crippen molar-refractivity contribution in [3.05, 3.63) is 77.1 Å². The molecule has 4 aromatic rings. The van der Waals surface area contributed by atoms with Gasteiger partial charge in [-0.2, -0.15) is 0 Å². The number of benzene rings is 2. The Hall–Kier alpha value is -3.63. The predicted octanol–water partition coefficient (Wildman–Crippen LogP) is 2.96. The molecule has 0 radical (unpaired) electrons. The van der Waals surface area contributed by atoms with E-state index in [4.69, 9.17) is 4.74 Å². The van der Waals surface area contributed by atoms with E-state index < -0.39 is 0 Å². The minimum Gasteiger partial charge on any atom is -0.365 e. The molecule has 0 bridgehead atoms. The Morgan fingerprint density at radius 1 is 1.20 bits per heavy atom. The molecule has 0 saturated carbocycles. The van der Waals surface area contributed by atoms with Crippen LogP contribution in [0.1, 0.15) is 46.3 Å². The molecule has 6 rings (SSSR count). The van der Waals surface area contributed by atoms with Gasteiger partial charge in [0.1, 0.15) is 17.6 Å². The van der Waals surface area contributed by atoms with Crippen LogP contribution in [0.4, 0.5) is 4.39 Å². The lowest BCUT2D eigenvalue weighted by atomic mass is 10.0. The zero-order valence-electron chi connectivity index (χ0n) is 19.2. The molecule has 2 aliphatic rings. The normalized spacial score (nSPS) is 19.1. The fourth-order valence-corrected chi connectivity index (χ4v) is 4.90. The van der Waals surface area contributed by atoms with Gasteiger partial charge in [0.15, 0.2) is 0 Å². The highest BCUT2D eigenvalue weighted by atomic mass is 19.1. The second-order valence-electron chi connectivity index (χ2n) is 9.14. The van der Waals surface area contributed by atoms with Crippen molar-refractivity contribution in [2.75, 3.05) is 13.1 Å². The van der Waals surface area contributed by atoms with Crippen LogP contribution in [0.15, 0.2) is 48.8 Å². The monoisotopic (exact) mass is 475 g/mol. The summed E-state index contributed by atoms with van der Waals surface area (Å²) in [6.07, 6.45) is 3.00. The summed E-state index contributed by atoms with van der Waals surface area (Å²) in [5, 5.41) is 11.9. The number of aromatic nitrogens is 5. The molecule has 1 amide bonds. The van der Waals surface area contributed by atoms with Crippen molar-refractivity contribution in [2.45, 2.75) is 44.7 Å². The lowest BCUT2D eigenvalue weighted by Crippen LogP contribution is -2.44. The van der Waals surface area contributed by atoms with Gasteiger partial charge in [-0.15, -0.1) is 5.10 Å². The van der Waals surface area contributed by atoms with Gasteiger partial charge in [-0.05, 0) is 37.1 Å². The Bertz CT molecular complexity index is 1360. The van der Waals surface area contributed by atoms with Gasteiger partial charge in [-0.1, -0.05) is 23.4 Å². The molecule has 1 fully saturated rings. The number of rotatable bonds is 5. The molecule has 35 heavy (non-hydrogen) atoms. The van der Waals surface area contributed by atoms with Crippen molar-refractivity contribution in [3.63, 3.8) is 0 Å². The molecule has 1 unspecified atom stereocenters. The van der Waals surface area contributed by atoms with Crippen LogP contribution in [0.2, 0.25) is 0 Å². The quantitative estimate of drug-likeness (QED) is 0.460. The Morgan fingerprint density at radius 2 is 2.06 bits per heavy atom. The number of hydrogen-bond acceptors (Lipinski definition) is 6. The van der Waals surface area contributed by atoms with Crippen molar-refractivity contribution < 1.29 is 13.9 Å². The number of amides is 1. The summed E-state index contributed by atoms with van der Waals surface area (Å²) in [4.78, 5) is 22.3. The van der Waals surface area contributed by atoms with Gasteiger partial charge >= 0.3 is 0 Å². The molecule has 2 N–H and O–H groups in total. The molecular formula is C25H26FN7O2. The van der Waals surface area contributed by atoms with E-state index in [-0.39, 0.29) is 23.9 Å². The smallest absolute Gasteiger partial charge is 0.251 e. The molecule has 0 aliphatic carbocycles. The molecule has 1 atom stereocenters. The third-order valence-electron chi connectivity index (χ3n) is 6.91. The number of fused-ring (bicyclic) bond motifs is 2. The summed E-state index contributed by atoms with van der Waals surface area (Å²) in [7, 11) is 0. The molecule has 4 heterocycles. The maximum atomic E-state index is 14.2. The van der Waals surface area contributed by atoms with Gasteiger partial charge in [0.25, 0.3) is 5.91 Å². The molecule has 2 aliphatic heterocycles. The highest BCUT2D eigenvalue weighted by Gasteiger charge is 2.28. The van der Waals surface area contributed by atoms with E-state index in [9.17, 15) is 9.18 Å². The fraction of sp³-hybridized carbons (Fsp3) is 0.360. The number of hydrogen-bond donors (Lipinski definition) is 2. The molecule has 2 aromatic heterocycles. The Morgan fingerprint density at radius 3 is 2.91 bits per heavy atom. The average molecular weight is 476 g/mol. The average Bonchev–Trinajstić information content (AvgIpc) is 3.51. The van der Waals surface area contributed by atoms with Gasteiger partial charge in [0.2, 0.25) is 0 Å². The summed E-state index contributed by atoms with van der Waals surface area (Å²) in [6, 6.07) is 12.3. The number of piperidine rings is 1. The first kappa shape index (κ1) is 21.9. The van der Waals surface area contributed by atoms with Gasteiger partial charge < -0.3 is 15.0 Å². The number of ether oxygens (including phenoxy) is 1. The summed E-state index contributed by atoms with van der Waals surface area (Å²) >= 11 is 0. The summed E-state index contributed by atoms with van der Waals surface area (Å²) in [6.45, 7) is 3.20. The van der Waals surface area contributed by atoms with Crippen LogP contribution in [-0.2, 0) is 24.4 Å². The Labute approximate surface area is 201 Å². The van der Waals surface area contributed by atoms with Crippen LogP contribution in [0.5, 0.6) is 0 Å². The highest BCUT2D eigenvalue weighted by molar-refractivity contribution is 5.97. The minimum atomic E-state index is -0.369. The fourth-order valence-electron chi connectivity index (χ4n) is 4.90. The number of imidazole rings is 1. The number of nitrogens with one attached hydrogen (secondary N) is 2. The number of carbonyl (C=O) groups excluding carboxylic acids is 1. The lowest BCUT2D eigenvalue weighted by Gasteiger charge is -2.32. The van der Waals surface area contributed by atoms with Crippen LogP contribution in [0, 0.1) is 5.82 Å². The molecule has 0 spiro atoms. The second-order valence-corrected chi connectivity index (χ2v) is 9.14. The number of H-pyrrole nitrogens is 1. The van der Waals surface area contributed by atoms with Crippen molar-refractivity contribution in [1.82, 2.24) is 35.2 Å². The van der Waals surface area contributed by atoms with Crippen molar-refractivity contribution in [3.8, 4) is 0 Å². The topological polar surface area (TPSA) is 101 Å². The molecule has 1 saturated heterocycles. The first-order valence-electron chi connectivity index (χ1n) is 11.9.